The van der Waals surface area contributed by atoms with Crippen LogP contribution in [0, 0.1) is 0 Å². The third-order valence-corrected chi connectivity index (χ3v) is 3.10. The lowest BCUT2D eigenvalue weighted by Gasteiger charge is -2.29. The smallest absolute Gasteiger partial charge is 0.262 e. The van der Waals surface area contributed by atoms with Crippen molar-refractivity contribution in [3.63, 3.8) is 0 Å². The third kappa shape index (κ3) is 1.97. The van der Waals surface area contributed by atoms with Gasteiger partial charge in [0.2, 0.25) is 5.91 Å². The predicted octanol–water partition coefficient (Wildman–Crippen LogP) is 1.26. The molecule has 1 aromatic heterocycles. The molecule has 0 atom stereocenters. The first-order valence-corrected chi connectivity index (χ1v) is 6.07. The molecule has 2 aromatic rings. The molecule has 2 heterocycles. The highest BCUT2D eigenvalue weighted by atomic mass is 16.2. The molecule has 1 aliphatic heterocycles. The molecule has 2 amide bonds. The maximum atomic E-state index is 12.6. The van der Waals surface area contributed by atoms with Crippen molar-refractivity contribution in [3.05, 3.63) is 48.3 Å². The molecule has 3 rings (SSSR count). The Morgan fingerprint density at radius 2 is 2.10 bits per heavy atom. The van der Waals surface area contributed by atoms with E-state index in [4.69, 9.17) is 5.73 Å². The maximum absolute atomic E-state index is 12.6. The Morgan fingerprint density at radius 1 is 1.30 bits per heavy atom. The molecule has 0 saturated carbocycles. The molecule has 0 radical (unpaired) electrons. The van der Waals surface area contributed by atoms with Crippen LogP contribution in [0.4, 0.5) is 17.1 Å². The van der Waals surface area contributed by atoms with Crippen LogP contribution in [-0.2, 0) is 4.79 Å². The minimum absolute atomic E-state index is 0.0375. The van der Waals surface area contributed by atoms with E-state index in [2.05, 4.69) is 10.3 Å². The minimum atomic E-state index is -0.335. The van der Waals surface area contributed by atoms with E-state index in [1.165, 1.54) is 17.3 Å². The Bertz CT molecular complexity index is 699. The number of amides is 2. The van der Waals surface area contributed by atoms with E-state index in [-0.39, 0.29) is 23.9 Å². The lowest BCUT2D eigenvalue weighted by atomic mass is 10.1. The van der Waals surface area contributed by atoms with Crippen LogP contribution in [-0.4, -0.2) is 23.3 Å². The van der Waals surface area contributed by atoms with Crippen LogP contribution in [0.15, 0.2) is 42.7 Å². The van der Waals surface area contributed by atoms with Crippen molar-refractivity contribution in [1.82, 2.24) is 4.98 Å². The lowest BCUT2D eigenvalue weighted by Crippen LogP contribution is -2.42. The molecule has 100 valence electrons. The molecule has 0 bridgehead atoms. The summed E-state index contributed by atoms with van der Waals surface area (Å²) in [5, 5.41) is 2.73. The van der Waals surface area contributed by atoms with Crippen LogP contribution >= 0.6 is 0 Å². The number of hydrogen-bond acceptors (Lipinski definition) is 4. The molecular weight excluding hydrogens is 256 g/mol. The predicted molar refractivity (Wildman–Crippen MR) is 75.4 cm³/mol. The van der Waals surface area contributed by atoms with Gasteiger partial charge in [-0.3, -0.25) is 19.5 Å². The first-order chi connectivity index (χ1) is 9.66. The van der Waals surface area contributed by atoms with Crippen molar-refractivity contribution in [2.24, 2.45) is 0 Å². The van der Waals surface area contributed by atoms with Crippen LogP contribution < -0.4 is 16.0 Å². The van der Waals surface area contributed by atoms with Gasteiger partial charge in [-0.15, -0.1) is 0 Å². The van der Waals surface area contributed by atoms with E-state index in [1.807, 2.05) is 6.07 Å². The van der Waals surface area contributed by atoms with E-state index in [0.29, 0.717) is 17.1 Å². The van der Waals surface area contributed by atoms with Crippen molar-refractivity contribution in [2.75, 3.05) is 22.5 Å². The van der Waals surface area contributed by atoms with Gasteiger partial charge in [0.1, 0.15) is 6.54 Å². The standard InChI is InChI=1S/C14H12N4O2/c15-10-5-6-16-7-9(10)14(20)18-8-13(19)17-11-3-1-2-4-12(11)18/h1-7H,8H2,(H2,15,16)(H,17,19). The number of nitrogens with one attached hydrogen (secondary N) is 1. The molecule has 6 heteroatoms. The summed E-state index contributed by atoms with van der Waals surface area (Å²) >= 11 is 0. The fourth-order valence-electron chi connectivity index (χ4n) is 2.14. The maximum Gasteiger partial charge on any atom is 0.262 e. The van der Waals surface area contributed by atoms with Gasteiger partial charge in [-0.25, -0.2) is 0 Å². The number of benzene rings is 1. The van der Waals surface area contributed by atoms with Gasteiger partial charge in [0, 0.05) is 18.1 Å². The number of carbonyl (C=O) groups is 2. The summed E-state index contributed by atoms with van der Waals surface area (Å²) in [7, 11) is 0. The minimum Gasteiger partial charge on any atom is -0.398 e. The van der Waals surface area contributed by atoms with Crippen molar-refractivity contribution in [1.29, 1.82) is 0 Å². The van der Waals surface area contributed by atoms with Crippen LogP contribution in [0.3, 0.4) is 0 Å². The van der Waals surface area contributed by atoms with Gasteiger partial charge in [0.05, 0.1) is 16.9 Å². The fraction of sp³-hybridized carbons (Fsp3) is 0.0714. The molecule has 0 unspecified atom stereocenters. The Kier molecular flexibility index (Phi) is 2.83. The highest BCUT2D eigenvalue weighted by Crippen LogP contribution is 2.30. The summed E-state index contributed by atoms with van der Waals surface area (Å²) in [6, 6.07) is 8.69. The zero-order chi connectivity index (χ0) is 14.1. The van der Waals surface area contributed by atoms with Gasteiger partial charge < -0.3 is 11.1 Å². The van der Waals surface area contributed by atoms with E-state index in [0.717, 1.165) is 0 Å². The zero-order valence-corrected chi connectivity index (χ0v) is 10.5. The Hall–Kier alpha value is -2.89. The number of carbonyl (C=O) groups excluding carboxylic acids is 2. The summed E-state index contributed by atoms with van der Waals surface area (Å²) in [6.45, 7) is -0.0375. The van der Waals surface area contributed by atoms with Gasteiger partial charge in [-0.1, -0.05) is 12.1 Å². The Labute approximate surface area is 115 Å². The average Bonchev–Trinajstić information content (AvgIpc) is 2.46. The topological polar surface area (TPSA) is 88.3 Å². The van der Waals surface area contributed by atoms with Crippen LogP contribution in [0.25, 0.3) is 0 Å². The number of hydrogen-bond donors (Lipinski definition) is 2. The van der Waals surface area contributed by atoms with Gasteiger partial charge >= 0.3 is 0 Å². The fourth-order valence-corrected chi connectivity index (χ4v) is 2.14. The summed E-state index contributed by atoms with van der Waals surface area (Å²) in [5.74, 6) is -0.572. The van der Waals surface area contributed by atoms with Crippen molar-refractivity contribution in [2.45, 2.75) is 0 Å². The monoisotopic (exact) mass is 268 g/mol. The number of anilines is 3. The van der Waals surface area contributed by atoms with E-state index >= 15 is 0 Å². The molecular formula is C14H12N4O2. The number of pyridine rings is 1. The first kappa shape index (κ1) is 12.2. The normalized spacial score (nSPS) is 13.6. The third-order valence-electron chi connectivity index (χ3n) is 3.10. The van der Waals surface area contributed by atoms with E-state index < -0.39 is 0 Å². The second kappa shape index (κ2) is 4.65. The van der Waals surface area contributed by atoms with Crippen molar-refractivity contribution in [3.8, 4) is 0 Å². The van der Waals surface area contributed by atoms with Crippen molar-refractivity contribution >= 4 is 28.9 Å². The number of nitrogens with two attached hydrogens (primary N) is 1. The molecule has 1 aliphatic rings. The number of aromatic nitrogens is 1. The number of para-hydroxylation sites is 2. The molecule has 20 heavy (non-hydrogen) atoms. The first-order valence-electron chi connectivity index (χ1n) is 6.07. The van der Waals surface area contributed by atoms with Crippen LogP contribution in [0.5, 0.6) is 0 Å². The Morgan fingerprint density at radius 3 is 2.90 bits per heavy atom. The van der Waals surface area contributed by atoms with Crippen LogP contribution in [0.2, 0.25) is 0 Å². The molecule has 0 spiro atoms. The lowest BCUT2D eigenvalue weighted by molar-refractivity contribution is -0.115. The second-order valence-electron chi connectivity index (χ2n) is 4.42. The number of nitrogen functional groups attached to an aromatic ring is 1. The highest BCUT2D eigenvalue weighted by Gasteiger charge is 2.28. The SMILES string of the molecule is Nc1ccncc1C(=O)N1CC(=O)Nc2ccccc21. The summed E-state index contributed by atoms with van der Waals surface area (Å²) < 4.78 is 0. The van der Waals surface area contributed by atoms with Gasteiger partial charge in [0.25, 0.3) is 5.91 Å². The number of fused-ring (bicyclic) bond motifs is 1. The second-order valence-corrected chi connectivity index (χ2v) is 4.42. The summed E-state index contributed by atoms with van der Waals surface area (Å²) in [5.41, 5.74) is 7.69. The molecule has 0 saturated heterocycles. The molecule has 6 nitrogen and oxygen atoms in total. The van der Waals surface area contributed by atoms with E-state index in [9.17, 15) is 9.59 Å². The summed E-state index contributed by atoms with van der Waals surface area (Å²) in [4.78, 5) is 29.6. The highest BCUT2D eigenvalue weighted by molar-refractivity contribution is 6.16. The molecule has 0 fully saturated rings. The molecule has 1 aromatic carbocycles. The quantitative estimate of drug-likeness (QED) is 0.815. The van der Waals surface area contributed by atoms with Gasteiger partial charge in [0.15, 0.2) is 0 Å². The molecule has 3 N–H and O–H groups in total. The zero-order valence-electron chi connectivity index (χ0n) is 10.5. The average molecular weight is 268 g/mol. The summed E-state index contributed by atoms with van der Waals surface area (Å²) in [6.07, 6.45) is 2.93. The largest absolute Gasteiger partial charge is 0.398 e. The Balaban J connectivity index is 2.05. The number of nitrogens with zero attached hydrogens (tertiary/aromatic N) is 2. The van der Waals surface area contributed by atoms with Crippen LogP contribution in [0.1, 0.15) is 10.4 Å². The number of rotatable bonds is 1. The van der Waals surface area contributed by atoms with E-state index in [1.54, 1.807) is 24.3 Å². The molecule has 0 aliphatic carbocycles. The van der Waals surface area contributed by atoms with Crippen molar-refractivity contribution < 1.29 is 9.59 Å². The van der Waals surface area contributed by atoms with Gasteiger partial charge in [-0.05, 0) is 18.2 Å². The van der Waals surface area contributed by atoms with Gasteiger partial charge in [-0.2, -0.15) is 0 Å².